The van der Waals surface area contributed by atoms with Crippen LogP contribution in [0.3, 0.4) is 0 Å². The summed E-state index contributed by atoms with van der Waals surface area (Å²) in [5, 5.41) is 17.1. The van der Waals surface area contributed by atoms with Crippen LogP contribution in [0.15, 0.2) is 28.9 Å². The van der Waals surface area contributed by atoms with Crippen molar-refractivity contribution < 1.29 is 19.1 Å². The van der Waals surface area contributed by atoms with Gasteiger partial charge in [0.15, 0.2) is 5.76 Å². The molecule has 0 radical (unpaired) electrons. The van der Waals surface area contributed by atoms with Gasteiger partial charge in [0.25, 0.3) is 0 Å². The first-order valence-electron chi connectivity index (χ1n) is 12.2. The summed E-state index contributed by atoms with van der Waals surface area (Å²) in [6.07, 6.45) is 8.07. The number of aryl methyl sites for hydroxylation is 1. The van der Waals surface area contributed by atoms with E-state index in [4.69, 9.17) is 4.42 Å². The highest BCUT2D eigenvalue weighted by Crippen LogP contribution is 2.44. The third-order valence-corrected chi connectivity index (χ3v) is 8.21. The average Bonchev–Trinajstić information content (AvgIpc) is 3.54. The largest absolute Gasteiger partial charge is 0.481 e. The van der Waals surface area contributed by atoms with Crippen molar-refractivity contribution in [3.63, 3.8) is 0 Å². The maximum Gasteiger partial charge on any atom is 0.303 e. The molecule has 8 heteroatoms. The molecular weight excluding hydrogens is 420 g/mol. The molecule has 4 atom stereocenters. The number of nitrogens with one attached hydrogen (secondary N) is 1. The molecule has 4 aliphatic rings. The molecule has 2 N–H and O–H groups in total. The first kappa shape index (κ1) is 22.2. The minimum Gasteiger partial charge on any atom is -0.481 e. The lowest BCUT2D eigenvalue weighted by molar-refractivity contribution is -0.140. The summed E-state index contributed by atoms with van der Waals surface area (Å²) in [5.41, 5.74) is 1.77. The van der Waals surface area contributed by atoms with Crippen LogP contribution in [0, 0.1) is 11.3 Å². The lowest BCUT2D eigenvalue weighted by Crippen LogP contribution is -2.56. The second-order valence-corrected chi connectivity index (χ2v) is 10.4. The summed E-state index contributed by atoms with van der Waals surface area (Å²) in [7, 11) is 2.01. The summed E-state index contributed by atoms with van der Waals surface area (Å²) < 4.78 is 7.52. The van der Waals surface area contributed by atoms with Crippen LogP contribution >= 0.6 is 0 Å². The van der Waals surface area contributed by atoms with E-state index < -0.39 is 5.97 Å². The molecule has 6 rings (SSSR count). The zero-order valence-electron chi connectivity index (χ0n) is 19.3. The highest BCUT2D eigenvalue weighted by molar-refractivity contribution is 5.78. The van der Waals surface area contributed by atoms with Crippen molar-refractivity contribution in [2.75, 3.05) is 19.6 Å². The molecule has 3 aliphatic heterocycles. The highest BCUT2D eigenvalue weighted by atomic mass is 16.4. The van der Waals surface area contributed by atoms with Gasteiger partial charge in [-0.1, -0.05) is 12.8 Å². The molecule has 178 valence electrons. The van der Waals surface area contributed by atoms with Gasteiger partial charge < -0.3 is 14.8 Å². The van der Waals surface area contributed by atoms with Crippen LogP contribution in [0.4, 0.5) is 0 Å². The quantitative estimate of drug-likeness (QED) is 0.634. The van der Waals surface area contributed by atoms with E-state index in [-0.39, 0.29) is 17.7 Å². The van der Waals surface area contributed by atoms with Crippen LogP contribution in [0.2, 0.25) is 0 Å². The molecule has 4 unspecified atom stereocenters. The van der Waals surface area contributed by atoms with E-state index in [9.17, 15) is 14.7 Å². The number of carbonyl (C=O) groups is 2. The summed E-state index contributed by atoms with van der Waals surface area (Å²) in [6.45, 7) is 2.69. The fourth-order valence-electron chi connectivity index (χ4n) is 6.56. The van der Waals surface area contributed by atoms with Crippen LogP contribution in [-0.4, -0.2) is 57.3 Å². The van der Waals surface area contributed by atoms with Gasteiger partial charge in [0.1, 0.15) is 5.69 Å². The molecule has 8 nitrogen and oxygen atoms in total. The van der Waals surface area contributed by atoms with Gasteiger partial charge in [0.05, 0.1) is 12.7 Å². The van der Waals surface area contributed by atoms with Gasteiger partial charge in [-0.25, -0.2) is 0 Å². The third kappa shape index (κ3) is 4.58. The number of nitrogens with zero attached hydrogens (tertiary/aromatic N) is 3. The second-order valence-electron chi connectivity index (χ2n) is 10.4. The Morgan fingerprint density at radius 1 is 1.30 bits per heavy atom. The Morgan fingerprint density at radius 3 is 2.79 bits per heavy atom. The molecule has 4 fully saturated rings. The van der Waals surface area contributed by atoms with Crippen molar-refractivity contribution in [2.24, 2.45) is 18.4 Å². The molecule has 2 aromatic rings. The standard InChI is InChI=1S/C25H34N4O4/c1-28-21(12-20(27-28)22-5-4-10-33-22)19-16-29-9-6-17(19)11-18(29)15-26-23(30)13-25(14-24(31)32)7-2-3-8-25/h4-5,10,12,17-19H,2-3,6-9,11,13-16H2,1H3,(H,26,30)(H,31,32). The first-order valence-corrected chi connectivity index (χ1v) is 12.2. The molecule has 1 amide bonds. The molecule has 1 saturated carbocycles. The van der Waals surface area contributed by atoms with Crippen LogP contribution in [0.25, 0.3) is 11.5 Å². The van der Waals surface area contributed by atoms with Gasteiger partial charge in [-0.3, -0.25) is 19.2 Å². The van der Waals surface area contributed by atoms with Gasteiger partial charge in [-0.05, 0) is 61.8 Å². The number of carbonyl (C=O) groups excluding carboxylic acids is 1. The number of hydrogen-bond donors (Lipinski definition) is 2. The number of hydrogen-bond acceptors (Lipinski definition) is 5. The number of furan rings is 1. The Balaban J connectivity index is 1.18. The predicted octanol–water partition coefficient (Wildman–Crippen LogP) is 3.40. The molecule has 0 aromatic carbocycles. The van der Waals surface area contributed by atoms with E-state index in [2.05, 4.69) is 21.4 Å². The first-order chi connectivity index (χ1) is 15.9. The lowest BCUT2D eigenvalue weighted by atomic mass is 9.74. The van der Waals surface area contributed by atoms with Crippen LogP contribution in [-0.2, 0) is 16.6 Å². The monoisotopic (exact) mass is 454 g/mol. The summed E-state index contributed by atoms with van der Waals surface area (Å²) in [5.74, 6) is 1.01. The SMILES string of the molecule is Cn1nc(-c2ccco2)cc1C1CN2CCC1CC2CNC(=O)CC1(CC(=O)O)CCCC1. The zero-order chi connectivity index (χ0) is 23.0. The predicted molar refractivity (Wildman–Crippen MR) is 123 cm³/mol. The summed E-state index contributed by atoms with van der Waals surface area (Å²) >= 11 is 0. The van der Waals surface area contributed by atoms with Gasteiger partial charge in [-0.2, -0.15) is 5.10 Å². The van der Waals surface area contributed by atoms with Crippen molar-refractivity contribution >= 4 is 11.9 Å². The highest BCUT2D eigenvalue weighted by Gasteiger charge is 2.42. The summed E-state index contributed by atoms with van der Waals surface area (Å²) in [4.78, 5) is 26.6. The number of carboxylic acids is 1. The van der Waals surface area contributed by atoms with Crippen molar-refractivity contribution in [3.8, 4) is 11.5 Å². The Kier molecular flexibility index (Phi) is 6.03. The Labute approximate surface area is 194 Å². The van der Waals surface area contributed by atoms with Crippen molar-refractivity contribution in [1.82, 2.24) is 20.0 Å². The number of piperidine rings is 3. The fraction of sp³-hybridized carbons (Fsp3) is 0.640. The van der Waals surface area contributed by atoms with Crippen molar-refractivity contribution in [2.45, 2.75) is 63.3 Å². The normalized spacial score (nSPS) is 28.2. The maximum absolute atomic E-state index is 12.7. The molecule has 0 spiro atoms. The van der Waals surface area contributed by atoms with Crippen molar-refractivity contribution in [1.29, 1.82) is 0 Å². The van der Waals surface area contributed by atoms with Gasteiger partial charge >= 0.3 is 5.97 Å². The maximum atomic E-state index is 12.7. The molecule has 2 aromatic heterocycles. The third-order valence-electron chi connectivity index (χ3n) is 8.21. The van der Waals surface area contributed by atoms with E-state index in [0.717, 1.165) is 63.1 Å². The Bertz CT molecular complexity index is 992. The van der Waals surface area contributed by atoms with Crippen molar-refractivity contribution in [3.05, 3.63) is 30.2 Å². The number of amides is 1. The van der Waals surface area contributed by atoms with Crippen LogP contribution in [0.5, 0.6) is 0 Å². The van der Waals surface area contributed by atoms with E-state index in [0.29, 0.717) is 30.8 Å². The Hall–Kier alpha value is -2.61. The number of aliphatic carboxylic acids is 1. The van der Waals surface area contributed by atoms with E-state index in [1.807, 2.05) is 23.9 Å². The van der Waals surface area contributed by atoms with E-state index >= 15 is 0 Å². The van der Waals surface area contributed by atoms with Crippen LogP contribution < -0.4 is 5.32 Å². The topological polar surface area (TPSA) is 101 Å². The van der Waals surface area contributed by atoms with Gasteiger partial charge in [0, 0.05) is 44.2 Å². The van der Waals surface area contributed by atoms with Crippen LogP contribution in [0.1, 0.15) is 63.0 Å². The number of carboxylic acid groups (broad SMARTS) is 1. The lowest BCUT2D eigenvalue weighted by Gasteiger charge is -2.50. The molecule has 33 heavy (non-hydrogen) atoms. The second kappa shape index (κ2) is 8.97. The van der Waals surface area contributed by atoms with Gasteiger partial charge in [-0.15, -0.1) is 0 Å². The number of fused-ring (bicyclic) bond motifs is 3. The molecule has 1 aliphatic carbocycles. The molecule has 5 heterocycles. The number of aromatic nitrogens is 2. The minimum atomic E-state index is -0.795. The summed E-state index contributed by atoms with van der Waals surface area (Å²) in [6, 6.07) is 6.33. The fourth-order valence-corrected chi connectivity index (χ4v) is 6.56. The zero-order valence-corrected chi connectivity index (χ0v) is 19.3. The van der Waals surface area contributed by atoms with Gasteiger partial charge in [0.2, 0.25) is 5.91 Å². The average molecular weight is 455 g/mol. The Morgan fingerprint density at radius 2 is 2.12 bits per heavy atom. The smallest absolute Gasteiger partial charge is 0.303 e. The minimum absolute atomic E-state index is 0.00655. The molecule has 3 saturated heterocycles. The molecular formula is C25H34N4O4. The van der Waals surface area contributed by atoms with E-state index in [1.165, 1.54) is 5.69 Å². The number of rotatable bonds is 8. The molecule has 2 bridgehead atoms. The van der Waals surface area contributed by atoms with E-state index in [1.54, 1.807) is 6.26 Å².